The number of nitrogens with zero attached hydrogens (tertiary/aromatic N) is 2. The lowest BCUT2D eigenvalue weighted by atomic mass is 9.94. The minimum absolute atomic E-state index is 0.0306. The highest BCUT2D eigenvalue weighted by molar-refractivity contribution is 5.95. The molecule has 2 bridgehead atoms. The predicted octanol–water partition coefficient (Wildman–Crippen LogP) is 2.45. The summed E-state index contributed by atoms with van der Waals surface area (Å²) >= 11 is 0. The summed E-state index contributed by atoms with van der Waals surface area (Å²) in [6, 6.07) is 2.47. The van der Waals surface area contributed by atoms with E-state index < -0.39 is 17.5 Å². The molecule has 0 aromatic heterocycles. The highest BCUT2D eigenvalue weighted by atomic mass is 19.2. The van der Waals surface area contributed by atoms with Crippen LogP contribution in [0.2, 0.25) is 0 Å². The summed E-state index contributed by atoms with van der Waals surface area (Å²) < 4.78 is 33.0. The SMILES string of the molecule is COc1ccc(C(=O)N2C[C@@H]3CC[C@H](C2)N(CC2CC2)C3=O)c(F)c1F. The molecule has 26 heavy (non-hydrogen) atoms. The normalized spacial score (nSPS) is 25.4. The number of hydrogen-bond donors (Lipinski definition) is 0. The average molecular weight is 364 g/mol. The van der Waals surface area contributed by atoms with E-state index in [9.17, 15) is 18.4 Å². The molecule has 3 heterocycles. The van der Waals surface area contributed by atoms with Crippen LogP contribution in [0.4, 0.5) is 8.78 Å². The first-order chi connectivity index (χ1) is 12.5. The summed E-state index contributed by atoms with van der Waals surface area (Å²) in [7, 11) is 1.24. The van der Waals surface area contributed by atoms with Gasteiger partial charge in [0.2, 0.25) is 11.7 Å². The number of carbonyl (C=O) groups excluding carboxylic acids is 2. The average Bonchev–Trinajstić information content (AvgIpc) is 3.47. The lowest BCUT2D eigenvalue weighted by Gasteiger charge is -2.36. The Morgan fingerprint density at radius 2 is 1.92 bits per heavy atom. The summed E-state index contributed by atoms with van der Waals surface area (Å²) in [5, 5.41) is 0. The number of methoxy groups -OCH3 is 1. The molecule has 1 aromatic carbocycles. The second kappa shape index (κ2) is 6.52. The van der Waals surface area contributed by atoms with Crippen LogP contribution in [-0.2, 0) is 4.79 Å². The Hall–Kier alpha value is -2.18. The molecule has 5 rings (SSSR count). The molecule has 3 saturated heterocycles. The van der Waals surface area contributed by atoms with Crippen LogP contribution >= 0.6 is 0 Å². The first-order valence-electron chi connectivity index (χ1n) is 9.11. The molecule has 2 amide bonds. The number of amides is 2. The molecule has 7 heteroatoms. The Kier molecular flexibility index (Phi) is 4.32. The Morgan fingerprint density at radius 3 is 2.62 bits per heavy atom. The molecule has 3 aliphatic heterocycles. The van der Waals surface area contributed by atoms with Crippen molar-refractivity contribution < 1.29 is 23.1 Å². The molecular weight excluding hydrogens is 342 g/mol. The third kappa shape index (κ3) is 2.93. The zero-order valence-electron chi connectivity index (χ0n) is 14.7. The van der Waals surface area contributed by atoms with E-state index in [1.807, 2.05) is 4.90 Å². The standard InChI is InChI=1S/C19H22F2N2O3/c1-26-15-7-6-14(16(20)17(15)21)19(25)22-9-12-4-5-13(10-22)23(18(12)24)8-11-2-3-11/h6-7,11-13H,2-5,8-10H2,1H3/t12-,13+/m0/s1. The molecule has 1 aromatic rings. The fourth-order valence-electron chi connectivity index (χ4n) is 4.05. The molecular formula is C19H22F2N2O3. The van der Waals surface area contributed by atoms with Crippen molar-refractivity contribution in [3.8, 4) is 5.75 Å². The number of benzene rings is 1. The van der Waals surface area contributed by atoms with Crippen molar-refractivity contribution in [2.75, 3.05) is 26.7 Å². The van der Waals surface area contributed by atoms with Gasteiger partial charge in [-0.25, -0.2) is 4.39 Å². The number of hydrogen-bond acceptors (Lipinski definition) is 3. The summed E-state index contributed by atoms with van der Waals surface area (Å²) in [4.78, 5) is 29.0. The van der Waals surface area contributed by atoms with Gasteiger partial charge in [0.25, 0.3) is 5.91 Å². The van der Waals surface area contributed by atoms with Crippen LogP contribution in [-0.4, -0.2) is 54.4 Å². The molecule has 0 radical (unpaired) electrons. The fraction of sp³-hybridized carbons (Fsp3) is 0.579. The molecule has 1 aliphatic carbocycles. The molecule has 2 atom stereocenters. The van der Waals surface area contributed by atoms with Gasteiger partial charge >= 0.3 is 0 Å². The first kappa shape index (κ1) is 17.2. The van der Waals surface area contributed by atoms with Crippen LogP contribution in [0.1, 0.15) is 36.0 Å². The van der Waals surface area contributed by atoms with Crippen LogP contribution in [0.15, 0.2) is 12.1 Å². The number of halogens is 2. The number of piperidine rings is 1. The number of fused-ring (bicyclic) bond motifs is 4. The first-order valence-corrected chi connectivity index (χ1v) is 9.11. The van der Waals surface area contributed by atoms with Gasteiger partial charge in [0.05, 0.1) is 18.6 Å². The van der Waals surface area contributed by atoms with E-state index in [-0.39, 0.29) is 35.7 Å². The van der Waals surface area contributed by atoms with Crippen molar-refractivity contribution in [2.24, 2.45) is 11.8 Å². The van der Waals surface area contributed by atoms with Gasteiger partial charge in [0.1, 0.15) is 0 Å². The summed E-state index contributed by atoms with van der Waals surface area (Å²) in [6.45, 7) is 1.40. The van der Waals surface area contributed by atoms with E-state index >= 15 is 0 Å². The second-order valence-electron chi connectivity index (χ2n) is 7.52. The Morgan fingerprint density at radius 1 is 1.15 bits per heavy atom. The number of ether oxygens (including phenoxy) is 1. The lowest BCUT2D eigenvalue weighted by molar-refractivity contribution is -0.140. The van der Waals surface area contributed by atoms with E-state index in [0.29, 0.717) is 12.5 Å². The monoisotopic (exact) mass is 364 g/mol. The van der Waals surface area contributed by atoms with Crippen LogP contribution < -0.4 is 4.74 Å². The van der Waals surface area contributed by atoms with Gasteiger partial charge in [-0.3, -0.25) is 9.59 Å². The minimum Gasteiger partial charge on any atom is -0.494 e. The maximum absolute atomic E-state index is 14.3. The van der Waals surface area contributed by atoms with Crippen molar-refractivity contribution in [2.45, 2.75) is 31.7 Å². The zero-order chi connectivity index (χ0) is 18.4. The molecule has 140 valence electrons. The number of carbonyl (C=O) groups is 2. The Labute approximate surface area is 150 Å². The van der Waals surface area contributed by atoms with Crippen molar-refractivity contribution in [1.29, 1.82) is 0 Å². The quantitative estimate of drug-likeness (QED) is 0.825. The largest absolute Gasteiger partial charge is 0.494 e. The maximum Gasteiger partial charge on any atom is 0.257 e. The third-order valence-electron chi connectivity index (χ3n) is 5.73. The van der Waals surface area contributed by atoms with E-state index in [1.54, 1.807) is 0 Å². The van der Waals surface area contributed by atoms with Gasteiger partial charge in [0.15, 0.2) is 11.6 Å². The fourth-order valence-corrected chi connectivity index (χ4v) is 4.05. The van der Waals surface area contributed by atoms with Crippen molar-refractivity contribution in [3.63, 3.8) is 0 Å². The van der Waals surface area contributed by atoms with Crippen molar-refractivity contribution in [3.05, 3.63) is 29.3 Å². The minimum atomic E-state index is -1.20. The van der Waals surface area contributed by atoms with Gasteiger partial charge in [-0.05, 0) is 43.7 Å². The highest BCUT2D eigenvalue weighted by Gasteiger charge is 2.43. The van der Waals surface area contributed by atoms with Gasteiger partial charge in [-0.2, -0.15) is 4.39 Å². The molecule has 4 aliphatic rings. The molecule has 1 saturated carbocycles. The topological polar surface area (TPSA) is 49.9 Å². The second-order valence-corrected chi connectivity index (χ2v) is 7.52. The third-order valence-corrected chi connectivity index (χ3v) is 5.73. The molecule has 0 unspecified atom stereocenters. The summed E-state index contributed by atoms with van der Waals surface area (Å²) in [6.07, 6.45) is 3.90. The van der Waals surface area contributed by atoms with Gasteiger partial charge in [-0.15, -0.1) is 0 Å². The maximum atomic E-state index is 14.3. The van der Waals surface area contributed by atoms with Gasteiger partial charge in [-0.1, -0.05) is 0 Å². The van der Waals surface area contributed by atoms with Crippen LogP contribution in [0.3, 0.4) is 0 Å². The van der Waals surface area contributed by atoms with Gasteiger partial charge in [0, 0.05) is 25.7 Å². The number of rotatable bonds is 4. The van der Waals surface area contributed by atoms with Crippen LogP contribution in [0.5, 0.6) is 5.75 Å². The molecule has 5 nitrogen and oxygen atoms in total. The van der Waals surface area contributed by atoms with E-state index in [4.69, 9.17) is 4.74 Å². The van der Waals surface area contributed by atoms with Crippen molar-refractivity contribution in [1.82, 2.24) is 9.80 Å². The molecule has 4 fully saturated rings. The Balaban J connectivity index is 1.58. The highest BCUT2D eigenvalue weighted by Crippen LogP contribution is 2.36. The van der Waals surface area contributed by atoms with E-state index in [1.165, 1.54) is 24.1 Å². The van der Waals surface area contributed by atoms with Crippen molar-refractivity contribution >= 4 is 11.8 Å². The summed E-state index contributed by atoms with van der Waals surface area (Å²) in [5.41, 5.74) is -0.314. The molecule has 0 N–H and O–H groups in total. The van der Waals surface area contributed by atoms with E-state index in [0.717, 1.165) is 32.2 Å². The summed E-state index contributed by atoms with van der Waals surface area (Å²) in [5.74, 6) is -2.74. The molecule has 0 spiro atoms. The smallest absolute Gasteiger partial charge is 0.257 e. The van der Waals surface area contributed by atoms with Crippen LogP contribution in [0, 0.1) is 23.5 Å². The zero-order valence-corrected chi connectivity index (χ0v) is 14.7. The lowest BCUT2D eigenvalue weighted by Crippen LogP contribution is -2.48. The van der Waals surface area contributed by atoms with E-state index in [2.05, 4.69) is 0 Å². The predicted molar refractivity (Wildman–Crippen MR) is 89.8 cm³/mol. The van der Waals surface area contributed by atoms with Crippen LogP contribution in [0.25, 0.3) is 0 Å². The Bertz CT molecular complexity index is 751. The van der Waals surface area contributed by atoms with Gasteiger partial charge < -0.3 is 14.5 Å².